The van der Waals surface area contributed by atoms with Crippen molar-refractivity contribution in [1.29, 1.82) is 0 Å². The van der Waals surface area contributed by atoms with E-state index in [1.807, 2.05) is 29.3 Å². The van der Waals surface area contributed by atoms with Crippen LogP contribution in [0.3, 0.4) is 0 Å². The molecular weight excluding hydrogens is 513 g/mol. The van der Waals surface area contributed by atoms with E-state index < -0.39 is 0 Å². The van der Waals surface area contributed by atoms with Crippen molar-refractivity contribution in [1.82, 2.24) is 24.3 Å². The van der Waals surface area contributed by atoms with Crippen molar-refractivity contribution in [3.05, 3.63) is 54.0 Å². The van der Waals surface area contributed by atoms with Gasteiger partial charge in [-0.1, -0.05) is 34.1 Å². The molecule has 3 heterocycles. The maximum atomic E-state index is 14.3. The number of amides is 1. The molecule has 0 unspecified atom stereocenters. The Hall–Kier alpha value is -3.19. The van der Waals surface area contributed by atoms with E-state index in [0.29, 0.717) is 17.4 Å². The fourth-order valence-electron chi connectivity index (χ4n) is 5.93. The highest BCUT2D eigenvalue weighted by Gasteiger charge is 2.21. The van der Waals surface area contributed by atoms with Gasteiger partial charge < -0.3 is 19.4 Å². The molecule has 41 heavy (non-hydrogen) atoms. The second-order valence-electron chi connectivity index (χ2n) is 12.6. The number of fused-ring (bicyclic) bond motifs is 2. The number of nitrogens with one attached hydrogen (secondary N) is 1. The van der Waals surface area contributed by atoms with Gasteiger partial charge >= 0.3 is 0 Å². The van der Waals surface area contributed by atoms with Gasteiger partial charge in [-0.3, -0.25) is 4.79 Å². The van der Waals surface area contributed by atoms with Crippen LogP contribution < -0.4 is 0 Å². The standard InChI is InChI=1S/C34H46FN5O/c1-24(2)13-19-39(20-14-25(3)4)34(41)26-9-11-31-32(21-26)40(18-8-17-38-15-6-5-7-16-38)33(37-31)29-23-36-30-12-10-27(35)22-28(29)30/h9-12,21-25,36H,5-8,13-20H2,1-4H3. The molecule has 6 nitrogen and oxygen atoms in total. The predicted molar refractivity (Wildman–Crippen MR) is 167 cm³/mol. The third-order valence-corrected chi connectivity index (χ3v) is 8.42. The monoisotopic (exact) mass is 559 g/mol. The van der Waals surface area contributed by atoms with Crippen molar-refractivity contribution in [3.8, 4) is 11.4 Å². The average Bonchev–Trinajstić information content (AvgIpc) is 3.53. The Balaban J connectivity index is 1.50. The Bertz CT molecular complexity index is 1450. The van der Waals surface area contributed by atoms with Crippen LogP contribution in [0.15, 0.2) is 42.6 Å². The van der Waals surface area contributed by atoms with Gasteiger partial charge in [-0.25, -0.2) is 9.37 Å². The van der Waals surface area contributed by atoms with Crippen LogP contribution >= 0.6 is 0 Å². The Morgan fingerprint density at radius 1 is 0.976 bits per heavy atom. The topological polar surface area (TPSA) is 57.2 Å². The minimum absolute atomic E-state index is 0.0879. The first-order chi connectivity index (χ1) is 19.8. The van der Waals surface area contributed by atoms with Crippen molar-refractivity contribution in [2.24, 2.45) is 11.8 Å². The van der Waals surface area contributed by atoms with Crippen molar-refractivity contribution < 1.29 is 9.18 Å². The number of piperidine rings is 1. The maximum absolute atomic E-state index is 14.3. The molecular formula is C34H46FN5O. The number of aromatic nitrogens is 3. The number of hydrogen-bond donors (Lipinski definition) is 1. The second kappa shape index (κ2) is 13.2. The zero-order valence-corrected chi connectivity index (χ0v) is 25.3. The molecule has 1 fully saturated rings. The van der Waals surface area contributed by atoms with Crippen LogP contribution in [0.2, 0.25) is 0 Å². The number of H-pyrrole nitrogens is 1. The minimum Gasteiger partial charge on any atom is -0.360 e. The number of hydrogen-bond acceptors (Lipinski definition) is 3. The van der Waals surface area contributed by atoms with Gasteiger partial charge in [0.05, 0.1) is 11.0 Å². The zero-order valence-electron chi connectivity index (χ0n) is 25.3. The van der Waals surface area contributed by atoms with E-state index in [9.17, 15) is 9.18 Å². The molecule has 2 aromatic heterocycles. The van der Waals surface area contributed by atoms with Crippen molar-refractivity contribution >= 4 is 27.8 Å². The van der Waals surface area contributed by atoms with E-state index >= 15 is 0 Å². The first-order valence-electron chi connectivity index (χ1n) is 15.6. The summed E-state index contributed by atoms with van der Waals surface area (Å²) in [6.45, 7) is 14.5. The van der Waals surface area contributed by atoms with Gasteiger partial charge in [-0.15, -0.1) is 0 Å². The molecule has 4 aromatic rings. The van der Waals surface area contributed by atoms with Crippen molar-refractivity contribution in [2.45, 2.75) is 72.8 Å². The number of benzene rings is 2. The second-order valence-corrected chi connectivity index (χ2v) is 12.6. The molecule has 0 spiro atoms. The first-order valence-corrected chi connectivity index (χ1v) is 15.6. The van der Waals surface area contributed by atoms with Gasteiger partial charge in [-0.05, 0) is 100.0 Å². The van der Waals surface area contributed by atoms with Gasteiger partial charge in [0, 0.05) is 47.9 Å². The van der Waals surface area contributed by atoms with Crippen LogP contribution in [0.4, 0.5) is 4.39 Å². The highest BCUT2D eigenvalue weighted by Crippen LogP contribution is 2.32. The Kier molecular flexibility index (Phi) is 9.43. The van der Waals surface area contributed by atoms with Crippen LogP contribution in [0.25, 0.3) is 33.3 Å². The maximum Gasteiger partial charge on any atom is 0.253 e. The summed E-state index contributed by atoms with van der Waals surface area (Å²) in [6, 6.07) is 10.8. The molecule has 1 aliphatic rings. The number of halogens is 1. The summed E-state index contributed by atoms with van der Waals surface area (Å²) < 4.78 is 16.5. The molecule has 0 atom stereocenters. The van der Waals surface area contributed by atoms with E-state index in [4.69, 9.17) is 4.98 Å². The van der Waals surface area contributed by atoms with Gasteiger partial charge in [-0.2, -0.15) is 0 Å². The summed E-state index contributed by atoms with van der Waals surface area (Å²) in [7, 11) is 0. The predicted octanol–water partition coefficient (Wildman–Crippen LogP) is 7.73. The lowest BCUT2D eigenvalue weighted by Crippen LogP contribution is -2.34. The molecule has 7 heteroatoms. The number of carbonyl (C=O) groups excluding carboxylic acids is 1. The quantitative estimate of drug-likeness (QED) is 0.193. The van der Waals surface area contributed by atoms with Crippen LogP contribution in [0.5, 0.6) is 0 Å². The summed E-state index contributed by atoms with van der Waals surface area (Å²) in [5.41, 5.74) is 4.30. The van der Waals surface area contributed by atoms with Gasteiger partial charge in [0.1, 0.15) is 11.6 Å². The minimum atomic E-state index is -0.262. The number of rotatable bonds is 12. The van der Waals surface area contributed by atoms with E-state index in [1.54, 1.807) is 12.1 Å². The fourth-order valence-corrected chi connectivity index (χ4v) is 5.93. The molecule has 1 aliphatic heterocycles. The molecule has 0 radical (unpaired) electrons. The Morgan fingerprint density at radius 2 is 1.71 bits per heavy atom. The van der Waals surface area contributed by atoms with E-state index in [0.717, 1.165) is 78.8 Å². The number of aromatic amines is 1. The lowest BCUT2D eigenvalue weighted by Gasteiger charge is -2.26. The molecule has 220 valence electrons. The molecule has 5 rings (SSSR count). The highest BCUT2D eigenvalue weighted by atomic mass is 19.1. The third kappa shape index (κ3) is 7.00. The Labute approximate surface area is 243 Å². The van der Waals surface area contributed by atoms with Crippen molar-refractivity contribution in [3.63, 3.8) is 0 Å². The number of likely N-dealkylation sites (tertiary alicyclic amines) is 1. The number of imidazole rings is 1. The summed E-state index contributed by atoms with van der Waals surface area (Å²) in [5.74, 6) is 1.72. The molecule has 1 amide bonds. The highest BCUT2D eigenvalue weighted by molar-refractivity contribution is 5.99. The summed E-state index contributed by atoms with van der Waals surface area (Å²) in [6.07, 6.45) is 8.77. The smallest absolute Gasteiger partial charge is 0.253 e. The third-order valence-electron chi connectivity index (χ3n) is 8.42. The SMILES string of the molecule is CC(C)CCN(CCC(C)C)C(=O)c1ccc2nc(-c3c[nH]c4ccc(F)cc34)n(CCCN3CCCCC3)c2c1. The number of aryl methyl sites for hydroxylation is 1. The average molecular weight is 560 g/mol. The molecule has 1 saturated heterocycles. The van der Waals surface area contributed by atoms with E-state index in [2.05, 4.69) is 42.1 Å². The molecule has 2 aromatic carbocycles. The largest absolute Gasteiger partial charge is 0.360 e. The van der Waals surface area contributed by atoms with E-state index in [-0.39, 0.29) is 11.7 Å². The summed E-state index contributed by atoms with van der Waals surface area (Å²) in [4.78, 5) is 26.8. The Morgan fingerprint density at radius 3 is 2.41 bits per heavy atom. The van der Waals surface area contributed by atoms with Gasteiger partial charge in [0.15, 0.2) is 0 Å². The van der Waals surface area contributed by atoms with Gasteiger partial charge in [0.25, 0.3) is 5.91 Å². The van der Waals surface area contributed by atoms with Crippen LogP contribution in [0.1, 0.15) is 76.6 Å². The lowest BCUT2D eigenvalue weighted by molar-refractivity contribution is 0.0741. The molecule has 0 aliphatic carbocycles. The number of nitrogens with zero attached hydrogens (tertiary/aromatic N) is 4. The van der Waals surface area contributed by atoms with E-state index in [1.165, 1.54) is 38.4 Å². The zero-order chi connectivity index (χ0) is 28.9. The normalized spacial score (nSPS) is 14.6. The fraction of sp³-hybridized carbons (Fsp3) is 0.529. The molecule has 0 bridgehead atoms. The van der Waals surface area contributed by atoms with Crippen LogP contribution in [-0.4, -0.2) is 63.0 Å². The van der Waals surface area contributed by atoms with Gasteiger partial charge in [0.2, 0.25) is 0 Å². The number of carbonyl (C=O) groups is 1. The summed E-state index contributed by atoms with van der Waals surface area (Å²) >= 11 is 0. The molecule has 0 saturated carbocycles. The molecule has 1 N–H and O–H groups in total. The van der Waals surface area contributed by atoms with Crippen LogP contribution in [0, 0.1) is 17.7 Å². The first kappa shape index (κ1) is 29.3. The lowest BCUT2D eigenvalue weighted by atomic mass is 10.1. The van der Waals surface area contributed by atoms with Crippen LogP contribution in [-0.2, 0) is 6.54 Å². The van der Waals surface area contributed by atoms with Crippen molar-refractivity contribution in [2.75, 3.05) is 32.7 Å². The summed E-state index contributed by atoms with van der Waals surface area (Å²) in [5, 5.41) is 0.822.